The first-order valence-corrected chi connectivity index (χ1v) is 6.10. The first-order valence-electron chi connectivity index (χ1n) is 6.10. The minimum absolute atomic E-state index is 0.843. The zero-order valence-electron chi connectivity index (χ0n) is 11.1. The Morgan fingerprint density at radius 1 is 0.889 bits per heavy atom. The summed E-state index contributed by atoms with van der Waals surface area (Å²) in [6.07, 6.45) is 0.938. The molecule has 2 aromatic carbocycles. The standard InChI is InChI=1S/C16H18O2/c1-4-12-10-14(13-8-6-5-7-9-13)16(18-3)11-15(12)17-2/h5-11H,4H2,1-3H3. The van der Waals surface area contributed by atoms with Crippen molar-refractivity contribution in [3.63, 3.8) is 0 Å². The van der Waals surface area contributed by atoms with E-state index in [1.54, 1.807) is 14.2 Å². The van der Waals surface area contributed by atoms with Crippen molar-refractivity contribution in [3.8, 4) is 22.6 Å². The van der Waals surface area contributed by atoms with Gasteiger partial charge in [0, 0.05) is 11.6 Å². The maximum Gasteiger partial charge on any atom is 0.130 e. The molecule has 0 saturated heterocycles. The average molecular weight is 242 g/mol. The van der Waals surface area contributed by atoms with Crippen molar-refractivity contribution in [2.75, 3.05) is 14.2 Å². The highest BCUT2D eigenvalue weighted by molar-refractivity contribution is 5.73. The summed E-state index contributed by atoms with van der Waals surface area (Å²) in [5, 5.41) is 0. The molecule has 18 heavy (non-hydrogen) atoms. The van der Waals surface area contributed by atoms with Crippen molar-refractivity contribution in [1.82, 2.24) is 0 Å². The number of ether oxygens (including phenoxy) is 2. The predicted octanol–water partition coefficient (Wildman–Crippen LogP) is 3.93. The van der Waals surface area contributed by atoms with Crippen molar-refractivity contribution in [2.45, 2.75) is 13.3 Å². The lowest BCUT2D eigenvalue weighted by Gasteiger charge is -2.14. The number of benzene rings is 2. The van der Waals surface area contributed by atoms with Crippen LogP contribution in [0.25, 0.3) is 11.1 Å². The summed E-state index contributed by atoms with van der Waals surface area (Å²) >= 11 is 0. The normalized spacial score (nSPS) is 10.2. The number of hydrogen-bond donors (Lipinski definition) is 0. The van der Waals surface area contributed by atoms with E-state index in [9.17, 15) is 0 Å². The Balaban J connectivity index is 2.59. The lowest BCUT2D eigenvalue weighted by atomic mass is 10.00. The van der Waals surface area contributed by atoms with Gasteiger partial charge < -0.3 is 9.47 Å². The number of methoxy groups -OCH3 is 2. The molecule has 2 heteroatoms. The average Bonchev–Trinajstić information content (AvgIpc) is 2.46. The van der Waals surface area contributed by atoms with Crippen LogP contribution >= 0.6 is 0 Å². The monoisotopic (exact) mass is 242 g/mol. The van der Waals surface area contributed by atoms with Gasteiger partial charge in [-0.15, -0.1) is 0 Å². The molecular weight excluding hydrogens is 224 g/mol. The highest BCUT2D eigenvalue weighted by Gasteiger charge is 2.11. The van der Waals surface area contributed by atoms with Gasteiger partial charge in [0.1, 0.15) is 11.5 Å². The van der Waals surface area contributed by atoms with E-state index in [4.69, 9.17) is 9.47 Å². The molecule has 0 aliphatic heterocycles. The van der Waals surface area contributed by atoms with E-state index in [0.717, 1.165) is 29.0 Å². The Labute approximate surface area is 108 Å². The molecule has 0 aliphatic rings. The summed E-state index contributed by atoms with van der Waals surface area (Å²) in [4.78, 5) is 0. The van der Waals surface area contributed by atoms with E-state index in [-0.39, 0.29) is 0 Å². The van der Waals surface area contributed by atoms with Gasteiger partial charge in [-0.1, -0.05) is 37.3 Å². The van der Waals surface area contributed by atoms with Gasteiger partial charge in [0.2, 0.25) is 0 Å². The van der Waals surface area contributed by atoms with Crippen LogP contribution < -0.4 is 9.47 Å². The van der Waals surface area contributed by atoms with Gasteiger partial charge in [-0.05, 0) is 23.6 Å². The molecule has 0 bridgehead atoms. The Bertz CT molecular complexity index is 518. The first kappa shape index (κ1) is 12.5. The largest absolute Gasteiger partial charge is 0.496 e. The summed E-state index contributed by atoms with van der Waals surface area (Å²) in [5.74, 6) is 1.73. The van der Waals surface area contributed by atoms with Crippen LogP contribution in [0, 0.1) is 0 Å². The molecule has 0 spiro atoms. The molecule has 0 heterocycles. The molecule has 0 fully saturated rings. The van der Waals surface area contributed by atoms with Crippen LogP contribution in [-0.2, 0) is 6.42 Å². The molecule has 0 amide bonds. The van der Waals surface area contributed by atoms with E-state index in [2.05, 4.69) is 25.1 Å². The number of aryl methyl sites for hydroxylation is 1. The lowest BCUT2D eigenvalue weighted by Crippen LogP contribution is -1.95. The molecule has 0 aromatic heterocycles. The second-order valence-corrected chi connectivity index (χ2v) is 4.08. The third-order valence-electron chi connectivity index (χ3n) is 3.07. The third-order valence-corrected chi connectivity index (χ3v) is 3.07. The van der Waals surface area contributed by atoms with E-state index >= 15 is 0 Å². The summed E-state index contributed by atoms with van der Waals surface area (Å²) in [7, 11) is 3.38. The van der Waals surface area contributed by atoms with Crippen molar-refractivity contribution in [1.29, 1.82) is 0 Å². The molecule has 0 aliphatic carbocycles. The molecule has 2 nitrogen and oxygen atoms in total. The van der Waals surface area contributed by atoms with E-state index in [0.29, 0.717) is 0 Å². The number of rotatable bonds is 4. The van der Waals surface area contributed by atoms with Crippen LogP contribution in [0.5, 0.6) is 11.5 Å². The van der Waals surface area contributed by atoms with Gasteiger partial charge in [-0.2, -0.15) is 0 Å². The summed E-state index contributed by atoms with van der Waals surface area (Å²) in [5.41, 5.74) is 3.46. The molecule has 0 radical (unpaired) electrons. The fourth-order valence-corrected chi connectivity index (χ4v) is 2.08. The Hall–Kier alpha value is -1.96. The van der Waals surface area contributed by atoms with Gasteiger partial charge in [0.05, 0.1) is 14.2 Å². The second-order valence-electron chi connectivity index (χ2n) is 4.08. The fourth-order valence-electron chi connectivity index (χ4n) is 2.08. The van der Waals surface area contributed by atoms with Crippen LogP contribution in [0.4, 0.5) is 0 Å². The van der Waals surface area contributed by atoms with E-state index < -0.39 is 0 Å². The van der Waals surface area contributed by atoms with Crippen LogP contribution in [0.1, 0.15) is 12.5 Å². The van der Waals surface area contributed by atoms with Crippen molar-refractivity contribution >= 4 is 0 Å². The predicted molar refractivity (Wildman–Crippen MR) is 74.4 cm³/mol. The van der Waals surface area contributed by atoms with Gasteiger partial charge in [-0.3, -0.25) is 0 Å². The molecule has 0 N–H and O–H groups in total. The molecule has 0 unspecified atom stereocenters. The molecule has 0 saturated carbocycles. The number of hydrogen-bond acceptors (Lipinski definition) is 2. The van der Waals surface area contributed by atoms with Crippen LogP contribution in [0.15, 0.2) is 42.5 Å². The smallest absolute Gasteiger partial charge is 0.130 e. The maximum atomic E-state index is 5.46. The summed E-state index contributed by atoms with van der Waals surface area (Å²) in [6, 6.07) is 14.4. The van der Waals surface area contributed by atoms with Crippen LogP contribution in [-0.4, -0.2) is 14.2 Å². The van der Waals surface area contributed by atoms with Crippen LogP contribution in [0.3, 0.4) is 0 Å². The molecule has 2 rings (SSSR count). The SMILES string of the molecule is CCc1cc(-c2ccccc2)c(OC)cc1OC. The van der Waals surface area contributed by atoms with Gasteiger partial charge in [-0.25, -0.2) is 0 Å². The molecule has 2 aromatic rings. The van der Waals surface area contributed by atoms with Crippen molar-refractivity contribution in [2.24, 2.45) is 0 Å². The van der Waals surface area contributed by atoms with Gasteiger partial charge in [0.25, 0.3) is 0 Å². The van der Waals surface area contributed by atoms with Crippen LogP contribution in [0.2, 0.25) is 0 Å². The zero-order chi connectivity index (χ0) is 13.0. The second kappa shape index (κ2) is 5.58. The Morgan fingerprint density at radius 3 is 2.11 bits per heavy atom. The summed E-state index contributed by atoms with van der Waals surface area (Å²) < 4.78 is 10.9. The fraction of sp³-hybridized carbons (Fsp3) is 0.250. The highest BCUT2D eigenvalue weighted by Crippen LogP contribution is 2.36. The minimum atomic E-state index is 0.843. The van der Waals surface area contributed by atoms with Gasteiger partial charge in [0.15, 0.2) is 0 Å². The highest BCUT2D eigenvalue weighted by atomic mass is 16.5. The Morgan fingerprint density at radius 2 is 1.56 bits per heavy atom. The Kier molecular flexibility index (Phi) is 3.88. The molecular formula is C16H18O2. The van der Waals surface area contributed by atoms with Gasteiger partial charge >= 0.3 is 0 Å². The van der Waals surface area contributed by atoms with Crippen molar-refractivity contribution in [3.05, 3.63) is 48.0 Å². The minimum Gasteiger partial charge on any atom is -0.496 e. The lowest BCUT2D eigenvalue weighted by molar-refractivity contribution is 0.392. The maximum absolute atomic E-state index is 5.46. The van der Waals surface area contributed by atoms with Crippen molar-refractivity contribution < 1.29 is 9.47 Å². The summed E-state index contributed by atoms with van der Waals surface area (Å²) in [6.45, 7) is 2.12. The first-order chi connectivity index (χ1) is 8.80. The van der Waals surface area contributed by atoms with E-state index in [1.165, 1.54) is 5.56 Å². The topological polar surface area (TPSA) is 18.5 Å². The van der Waals surface area contributed by atoms with E-state index in [1.807, 2.05) is 24.3 Å². The molecule has 0 atom stereocenters. The quantitative estimate of drug-likeness (QED) is 0.808. The third kappa shape index (κ3) is 2.33. The zero-order valence-corrected chi connectivity index (χ0v) is 11.1. The molecule has 94 valence electrons.